The van der Waals surface area contributed by atoms with E-state index < -0.39 is 58.1 Å². The molecular weight excluding hydrogens is 548 g/mol. The monoisotopic (exact) mass is 581 g/mol. The number of carboxylic acids is 1. The molecular formula is C31H33F6NO3. The number of benzene rings is 2. The van der Waals surface area contributed by atoms with Crippen LogP contribution in [0.3, 0.4) is 0 Å². The smallest absolute Gasteiger partial charge is 0.426 e. The van der Waals surface area contributed by atoms with Gasteiger partial charge in [0.1, 0.15) is 5.82 Å². The molecule has 1 heterocycles. The molecule has 0 aromatic heterocycles. The molecule has 3 atom stereocenters. The molecule has 2 fully saturated rings. The molecule has 5 rings (SSSR count). The Morgan fingerprint density at radius 2 is 1.73 bits per heavy atom. The number of halogens is 6. The van der Waals surface area contributed by atoms with Crippen molar-refractivity contribution in [1.29, 1.82) is 0 Å². The minimum Gasteiger partial charge on any atom is -0.481 e. The van der Waals surface area contributed by atoms with Crippen LogP contribution in [0.4, 0.5) is 26.3 Å². The first-order chi connectivity index (χ1) is 19.2. The number of hydrogen-bond donors (Lipinski definition) is 1. The minimum absolute atomic E-state index is 0.0529. The van der Waals surface area contributed by atoms with Crippen LogP contribution in [0, 0.1) is 11.7 Å². The van der Waals surface area contributed by atoms with E-state index in [1.54, 1.807) is 12.1 Å². The van der Waals surface area contributed by atoms with Gasteiger partial charge in [-0.25, -0.2) is 13.2 Å². The summed E-state index contributed by atoms with van der Waals surface area (Å²) in [7, 11) is 0. The Balaban J connectivity index is 1.55. The molecule has 0 spiro atoms. The maximum Gasteiger partial charge on any atom is 0.426 e. The fourth-order valence-corrected chi connectivity index (χ4v) is 7.32. The number of piperidine rings is 1. The number of rotatable bonds is 5. The molecule has 2 aromatic rings. The number of amides is 1. The van der Waals surface area contributed by atoms with Gasteiger partial charge in [0.25, 0.3) is 5.91 Å². The molecule has 4 nitrogen and oxygen atoms in total. The first kappa shape index (κ1) is 29.5. The third-order valence-corrected chi connectivity index (χ3v) is 9.62. The Morgan fingerprint density at radius 1 is 1.02 bits per heavy atom. The predicted octanol–water partition coefficient (Wildman–Crippen LogP) is 6.97. The summed E-state index contributed by atoms with van der Waals surface area (Å²) < 4.78 is 85.9. The summed E-state index contributed by atoms with van der Waals surface area (Å²) in [5.41, 5.74) is -5.30. The van der Waals surface area contributed by atoms with Gasteiger partial charge >= 0.3 is 12.1 Å². The summed E-state index contributed by atoms with van der Waals surface area (Å²) in [6.07, 6.45) is -3.55. The highest BCUT2D eigenvalue weighted by atomic mass is 19.4. The van der Waals surface area contributed by atoms with E-state index in [0.29, 0.717) is 42.9 Å². The second kappa shape index (κ2) is 10.3. The van der Waals surface area contributed by atoms with Gasteiger partial charge in [-0.05, 0) is 99.1 Å². The van der Waals surface area contributed by atoms with E-state index in [4.69, 9.17) is 0 Å². The van der Waals surface area contributed by atoms with Gasteiger partial charge in [0.2, 0.25) is 5.67 Å². The number of carboxylic acid groups (broad SMARTS) is 1. The summed E-state index contributed by atoms with van der Waals surface area (Å²) in [6, 6.07) is 9.33. The molecule has 3 unspecified atom stereocenters. The Bertz CT molecular complexity index is 1330. The summed E-state index contributed by atoms with van der Waals surface area (Å²) in [5.74, 6) is -2.86. The van der Waals surface area contributed by atoms with Crippen LogP contribution in [-0.2, 0) is 33.5 Å². The van der Waals surface area contributed by atoms with Gasteiger partial charge in [0.05, 0.1) is 5.92 Å². The lowest BCUT2D eigenvalue weighted by molar-refractivity contribution is -0.228. The van der Waals surface area contributed by atoms with Gasteiger partial charge in [-0.1, -0.05) is 30.3 Å². The predicted molar refractivity (Wildman–Crippen MR) is 139 cm³/mol. The Labute approximate surface area is 234 Å². The molecule has 1 N–H and O–H groups in total. The Hall–Kier alpha value is -3.04. The van der Waals surface area contributed by atoms with E-state index in [-0.39, 0.29) is 45.1 Å². The lowest BCUT2D eigenvalue weighted by Gasteiger charge is -2.55. The number of likely N-dealkylation sites (tertiary alicyclic amines) is 1. The van der Waals surface area contributed by atoms with E-state index in [0.717, 1.165) is 6.07 Å². The molecule has 1 saturated heterocycles. The van der Waals surface area contributed by atoms with E-state index in [1.807, 2.05) is 0 Å². The number of alkyl halides is 5. The molecule has 1 saturated carbocycles. The van der Waals surface area contributed by atoms with Crippen LogP contribution in [0.25, 0.3) is 0 Å². The zero-order valence-electron chi connectivity index (χ0n) is 22.7. The SMILES string of the molecule is CC(F)(c1ccc2c(c1)CCC1N(C(=O)C3(F)CCC(C(=O)O)CC3)CCCC21Cc1cccc(F)c1)C(F)(F)F. The number of carbonyl (C=O) groups excluding carboxylic acids is 1. The van der Waals surface area contributed by atoms with Crippen LogP contribution in [0.1, 0.15) is 74.1 Å². The molecule has 0 bridgehead atoms. The minimum atomic E-state index is -5.11. The summed E-state index contributed by atoms with van der Waals surface area (Å²) in [4.78, 5) is 26.8. The second-order valence-electron chi connectivity index (χ2n) is 12.1. The van der Waals surface area contributed by atoms with E-state index in [1.165, 1.54) is 29.2 Å². The number of aliphatic carboxylic acids is 1. The Morgan fingerprint density at radius 3 is 2.37 bits per heavy atom. The molecule has 10 heteroatoms. The van der Waals surface area contributed by atoms with E-state index in [9.17, 15) is 36.6 Å². The summed E-state index contributed by atoms with van der Waals surface area (Å²) in [6.45, 7) is 0.774. The van der Waals surface area contributed by atoms with Gasteiger partial charge in [-0.15, -0.1) is 0 Å². The van der Waals surface area contributed by atoms with Gasteiger partial charge < -0.3 is 10.0 Å². The first-order valence-electron chi connectivity index (χ1n) is 14.0. The molecule has 41 heavy (non-hydrogen) atoms. The van der Waals surface area contributed by atoms with Crippen molar-refractivity contribution < 1.29 is 41.0 Å². The van der Waals surface area contributed by atoms with Crippen molar-refractivity contribution in [2.24, 2.45) is 5.92 Å². The molecule has 2 aromatic carbocycles. The van der Waals surface area contributed by atoms with Crippen molar-refractivity contribution >= 4 is 11.9 Å². The van der Waals surface area contributed by atoms with Crippen molar-refractivity contribution in [3.8, 4) is 0 Å². The van der Waals surface area contributed by atoms with Crippen molar-refractivity contribution in [3.05, 3.63) is 70.5 Å². The highest BCUT2D eigenvalue weighted by Crippen LogP contribution is 2.51. The molecule has 1 amide bonds. The van der Waals surface area contributed by atoms with Gasteiger partial charge in [0, 0.05) is 18.0 Å². The lowest BCUT2D eigenvalue weighted by Crippen LogP contribution is -2.63. The Kier molecular flexibility index (Phi) is 7.43. The average molecular weight is 582 g/mol. The molecule has 3 aliphatic rings. The highest BCUT2D eigenvalue weighted by Gasteiger charge is 2.56. The van der Waals surface area contributed by atoms with Crippen LogP contribution in [0.5, 0.6) is 0 Å². The molecule has 222 valence electrons. The van der Waals surface area contributed by atoms with Crippen molar-refractivity contribution in [2.45, 2.75) is 93.7 Å². The van der Waals surface area contributed by atoms with E-state index in [2.05, 4.69) is 0 Å². The van der Waals surface area contributed by atoms with Crippen molar-refractivity contribution in [3.63, 3.8) is 0 Å². The number of nitrogens with zero attached hydrogens (tertiary/aromatic N) is 1. The number of hydrogen-bond acceptors (Lipinski definition) is 2. The fraction of sp³-hybridized carbons (Fsp3) is 0.548. The number of carbonyl (C=O) groups is 2. The summed E-state index contributed by atoms with van der Waals surface area (Å²) >= 11 is 0. The maximum atomic E-state index is 16.2. The zero-order valence-corrected chi connectivity index (χ0v) is 22.7. The van der Waals surface area contributed by atoms with Gasteiger partial charge in [-0.2, -0.15) is 13.2 Å². The summed E-state index contributed by atoms with van der Waals surface area (Å²) in [5, 5.41) is 9.32. The van der Waals surface area contributed by atoms with Crippen LogP contribution in [-0.4, -0.2) is 46.3 Å². The van der Waals surface area contributed by atoms with E-state index >= 15 is 4.39 Å². The largest absolute Gasteiger partial charge is 0.481 e. The lowest BCUT2D eigenvalue weighted by atomic mass is 9.59. The standard InChI is InChI=1S/C31H33F6NO3/c1-28(33,31(35,36)37)22-7-8-24-21(17-22)6-9-25-29(24,18-19-4-2-5-23(32)16-19)12-3-15-38(25)27(41)30(34)13-10-20(11-14-30)26(39)40/h2,4-5,7-8,16-17,20,25H,3,6,9-15,18H2,1H3,(H,39,40). The van der Waals surface area contributed by atoms with Gasteiger partial charge in [-0.3, -0.25) is 9.59 Å². The fourth-order valence-electron chi connectivity index (χ4n) is 7.32. The molecule has 0 radical (unpaired) electrons. The number of aryl methyl sites for hydroxylation is 1. The highest BCUT2D eigenvalue weighted by molar-refractivity contribution is 5.86. The third kappa shape index (κ3) is 5.12. The zero-order chi connectivity index (χ0) is 29.8. The van der Waals surface area contributed by atoms with Crippen molar-refractivity contribution in [1.82, 2.24) is 4.90 Å². The third-order valence-electron chi connectivity index (χ3n) is 9.62. The quantitative estimate of drug-likeness (QED) is 0.388. The van der Waals surface area contributed by atoms with Crippen LogP contribution >= 0.6 is 0 Å². The van der Waals surface area contributed by atoms with Crippen LogP contribution in [0.15, 0.2) is 42.5 Å². The van der Waals surface area contributed by atoms with Crippen LogP contribution in [0.2, 0.25) is 0 Å². The topological polar surface area (TPSA) is 57.6 Å². The maximum absolute atomic E-state index is 16.2. The number of fused-ring (bicyclic) bond motifs is 3. The van der Waals surface area contributed by atoms with Crippen LogP contribution < -0.4 is 0 Å². The van der Waals surface area contributed by atoms with Gasteiger partial charge in [0.15, 0.2) is 5.67 Å². The molecule has 1 aliphatic heterocycles. The van der Waals surface area contributed by atoms with Crippen molar-refractivity contribution in [2.75, 3.05) is 6.54 Å². The first-order valence-corrected chi connectivity index (χ1v) is 14.0. The second-order valence-corrected chi connectivity index (χ2v) is 12.1. The average Bonchev–Trinajstić information content (AvgIpc) is 2.91. The normalized spacial score (nSPS) is 29.7. The molecule has 2 aliphatic carbocycles.